The molecule has 4 aromatic rings. The fourth-order valence-corrected chi connectivity index (χ4v) is 4.81. The summed E-state index contributed by atoms with van der Waals surface area (Å²) >= 11 is 1.60. The first kappa shape index (κ1) is 20.2. The Kier molecular flexibility index (Phi) is 5.32. The summed E-state index contributed by atoms with van der Waals surface area (Å²) in [5.74, 6) is 0.307. The molecule has 2 aromatic carbocycles. The molecule has 2 N–H and O–H groups in total. The number of carbonyl (C=O) groups is 1. The third-order valence-corrected chi connectivity index (χ3v) is 6.56. The Labute approximate surface area is 188 Å². The molecule has 9 heteroatoms. The Bertz CT molecular complexity index is 1230. The molecule has 1 saturated heterocycles. The summed E-state index contributed by atoms with van der Waals surface area (Å²) in [6.07, 6.45) is 3.73. The first-order valence-corrected chi connectivity index (χ1v) is 11.1. The van der Waals surface area contributed by atoms with Crippen LogP contribution in [0.1, 0.15) is 13.3 Å². The second-order valence-corrected chi connectivity index (χ2v) is 8.62. The van der Waals surface area contributed by atoms with Gasteiger partial charge in [0, 0.05) is 30.7 Å². The molecule has 2 atom stereocenters. The lowest BCUT2D eigenvalue weighted by Crippen LogP contribution is -2.33. The number of aliphatic carboxylic acids is 1. The van der Waals surface area contributed by atoms with Crippen LogP contribution in [-0.2, 0) is 4.79 Å². The van der Waals surface area contributed by atoms with E-state index in [1.807, 2.05) is 60.4 Å². The van der Waals surface area contributed by atoms with E-state index in [0.29, 0.717) is 30.4 Å². The van der Waals surface area contributed by atoms with E-state index in [4.69, 9.17) is 4.74 Å². The van der Waals surface area contributed by atoms with Crippen LogP contribution in [0, 0.1) is 5.92 Å². The Morgan fingerprint density at radius 2 is 1.94 bits per heavy atom. The minimum Gasteiger partial charge on any atom is -0.481 e. The molecular weight excluding hydrogens is 426 g/mol. The van der Waals surface area contributed by atoms with Gasteiger partial charge in [0.05, 0.1) is 16.1 Å². The Balaban J connectivity index is 1.31. The maximum Gasteiger partial charge on any atom is 0.308 e. The van der Waals surface area contributed by atoms with Gasteiger partial charge in [-0.1, -0.05) is 23.5 Å². The normalized spacial score (nSPS) is 18.1. The smallest absolute Gasteiger partial charge is 0.308 e. The number of para-hydroxylation sites is 1. The fourth-order valence-electron chi connectivity index (χ4n) is 3.92. The lowest BCUT2D eigenvalue weighted by Gasteiger charge is -2.25. The highest BCUT2D eigenvalue weighted by Crippen LogP contribution is 2.35. The number of thiazole rings is 1. The molecule has 0 saturated carbocycles. The minimum absolute atomic E-state index is 0.188. The molecule has 0 spiro atoms. The Morgan fingerprint density at radius 1 is 1.16 bits per heavy atom. The summed E-state index contributed by atoms with van der Waals surface area (Å²) in [5.41, 5.74) is 1.87. The van der Waals surface area contributed by atoms with Crippen molar-refractivity contribution in [1.82, 2.24) is 15.0 Å². The van der Waals surface area contributed by atoms with Gasteiger partial charge in [0.2, 0.25) is 0 Å². The molecule has 1 aliphatic heterocycles. The largest absolute Gasteiger partial charge is 0.481 e. The molecule has 2 unspecified atom stereocenters. The number of hydrogen-bond acceptors (Lipinski definition) is 8. The average molecular weight is 448 g/mol. The second kappa shape index (κ2) is 8.43. The zero-order chi connectivity index (χ0) is 22.1. The third kappa shape index (κ3) is 3.94. The molecule has 2 aromatic heterocycles. The molecule has 162 valence electrons. The van der Waals surface area contributed by atoms with Crippen molar-refractivity contribution in [3.05, 3.63) is 60.9 Å². The van der Waals surface area contributed by atoms with Crippen LogP contribution >= 0.6 is 11.3 Å². The highest BCUT2D eigenvalue weighted by atomic mass is 32.1. The van der Waals surface area contributed by atoms with E-state index in [2.05, 4.69) is 20.3 Å². The highest BCUT2D eigenvalue weighted by Gasteiger charge is 2.37. The molecular formula is C23H21N5O3S. The summed E-state index contributed by atoms with van der Waals surface area (Å²) in [6, 6.07) is 15.4. The van der Waals surface area contributed by atoms with E-state index in [-0.39, 0.29) is 6.04 Å². The van der Waals surface area contributed by atoms with E-state index < -0.39 is 11.9 Å². The SMILES string of the molecule is CC1C(C(=O)O)CCN1c1nccnc1Oc1ccc(Nc2nc3ccccc3s2)cc1. The summed E-state index contributed by atoms with van der Waals surface area (Å²) in [5, 5.41) is 13.6. The van der Waals surface area contributed by atoms with E-state index in [1.165, 1.54) is 0 Å². The standard InChI is InChI=1S/C23H21N5O3S/c1-14-17(22(29)30)10-13-28(14)20-21(25-12-11-24-20)31-16-8-6-15(7-9-16)26-23-27-18-4-2-3-5-19(18)32-23/h2-9,11-12,14,17H,10,13H2,1H3,(H,26,27)(H,29,30). The third-order valence-electron chi connectivity index (χ3n) is 5.60. The zero-order valence-corrected chi connectivity index (χ0v) is 18.1. The van der Waals surface area contributed by atoms with Crippen LogP contribution in [0.4, 0.5) is 16.6 Å². The maximum absolute atomic E-state index is 11.5. The predicted molar refractivity (Wildman–Crippen MR) is 124 cm³/mol. The van der Waals surface area contributed by atoms with Crippen LogP contribution < -0.4 is 15.0 Å². The Morgan fingerprint density at radius 3 is 2.69 bits per heavy atom. The van der Waals surface area contributed by atoms with Crippen molar-refractivity contribution in [3.8, 4) is 11.6 Å². The van der Waals surface area contributed by atoms with Crippen LogP contribution in [0.3, 0.4) is 0 Å². The van der Waals surface area contributed by atoms with Crippen LogP contribution in [0.2, 0.25) is 0 Å². The van der Waals surface area contributed by atoms with Gasteiger partial charge in [0.1, 0.15) is 5.75 Å². The van der Waals surface area contributed by atoms with Gasteiger partial charge in [-0.2, -0.15) is 0 Å². The molecule has 32 heavy (non-hydrogen) atoms. The van der Waals surface area contributed by atoms with Crippen LogP contribution in [0.5, 0.6) is 11.6 Å². The molecule has 3 heterocycles. The fraction of sp³-hybridized carbons (Fsp3) is 0.217. The van der Waals surface area contributed by atoms with Crippen molar-refractivity contribution in [2.45, 2.75) is 19.4 Å². The van der Waals surface area contributed by atoms with Crippen LogP contribution in [0.15, 0.2) is 60.9 Å². The number of fused-ring (bicyclic) bond motifs is 1. The number of nitrogens with one attached hydrogen (secondary N) is 1. The highest BCUT2D eigenvalue weighted by molar-refractivity contribution is 7.22. The van der Waals surface area contributed by atoms with Gasteiger partial charge in [-0.25, -0.2) is 15.0 Å². The molecule has 0 amide bonds. The van der Waals surface area contributed by atoms with Crippen molar-refractivity contribution in [2.24, 2.45) is 5.92 Å². The van der Waals surface area contributed by atoms with E-state index in [1.54, 1.807) is 23.7 Å². The molecule has 0 radical (unpaired) electrons. The topological polar surface area (TPSA) is 100 Å². The molecule has 1 aliphatic rings. The van der Waals surface area contributed by atoms with Gasteiger partial charge < -0.3 is 20.1 Å². The Hall–Kier alpha value is -3.72. The van der Waals surface area contributed by atoms with Crippen molar-refractivity contribution >= 4 is 44.2 Å². The van der Waals surface area contributed by atoms with Crippen LogP contribution in [-0.4, -0.2) is 38.6 Å². The average Bonchev–Trinajstić information content (AvgIpc) is 3.38. The van der Waals surface area contributed by atoms with E-state index in [0.717, 1.165) is 21.0 Å². The van der Waals surface area contributed by atoms with Gasteiger partial charge in [0.15, 0.2) is 10.9 Å². The number of aromatic nitrogens is 3. The number of carboxylic acids is 1. The lowest BCUT2D eigenvalue weighted by atomic mass is 10.0. The van der Waals surface area contributed by atoms with E-state index >= 15 is 0 Å². The van der Waals surface area contributed by atoms with Gasteiger partial charge in [-0.05, 0) is 49.7 Å². The first-order valence-electron chi connectivity index (χ1n) is 10.3. The lowest BCUT2D eigenvalue weighted by molar-refractivity contribution is -0.141. The van der Waals surface area contributed by atoms with Gasteiger partial charge >= 0.3 is 5.97 Å². The summed E-state index contributed by atoms with van der Waals surface area (Å²) in [4.78, 5) is 26.8. The van der Waals surface area contributed by atoms with Gasteiger partial charge in [-0.15, -0.1) is 0 Å². The monoisotopic (exact) mass is 447 g/mol. The number of carboxylic acid groups (broad SMARTS) is 1. The van der Waals surface area contributed by atoms with Crippen molar-refractivity contribution < 1.29 is 14.6 Å². The summed E-state index contributed by atoms with van der Waals surface area (Å²) in [6.45, 7) is 2.49. The van der Waals surface area contributed by atoms with Crippen molar-refractivity contribution in [2.75, 3.05) is 16.8 Å². The first-order chi connectivity index (χ1) is 15.6. The molecule has 5 rings (SSSR count). The number of benzene rings is 2. The minimum atomic E-state index is -0.789. The van der Waals surface area contributed by atoms with Crippen LogP contribution in [0.25, 0.3) is 10.2 Å². The molecule has 1 fully saturated rings. The van der Waals surface area contributed by atoms with Crippen molar-refractivity contribution in [1.29, 1.82) is 0 Å². The molecule has 0 bridgehead atoms. The summed E-state index contributed by atoms with van der Waals surface area (Å²) < 4.78 is 7.15. The summed E-state index contributed by atoms with van der Waals surface area (Å²) in [7, 11) is 0. The zero-order valence-electron chi connectivity index (χ0n) is 17.3. The number of anilines is 3. The van der Waals surface area contributed by atoms with E-state index in [9.17, 15) is 9.90 Å². The molecule has 0 aliphatic carbocycles. The number of ether oxygens (including phenoxy) is 1. The maximum atomic E-state index is 11.5. The van der Waals surface area contributed by atoms with Crippen molar-refractivity contribution in [3.63, 3.8) is 0 Å². The van der Waals surface area contributed by atoms with Gasteiger partial charge in [-0.3, -0.25) is 4.79 Å². The van der Waals surface area contributed by atoms with Gasteiger partial charge in [0.25, 0.3) is 5.88 Å². The molecule has 8 nitrogen and oxygen atoms in total. The predicted octanol–water partition coefficient (Wildman–Crippen LogP) is 4.92. The number of nitrogens with zero attached hydrogens (tertiary/aromatic N) is 4. The quantitative estimate of drug-likeness (QED) is 0.429. The number of hydrogen-bond donors (Lipinski definition) is 2. The second-order valence-electron chi connectivity index (χ2n) is 7.59. The number of rotatable bonds is 6.